The van der Waals surface area contributed by atoms with Gasteiger partial charge in [0.15, 0.2) is 5.03 Å². The summed E-state index contributed by atoms with van der Waals surface area (Å²) in [6.07, 6.45) is 0. The molecule has 6 nitrogen and oxygen atoms in total. The Kier molecular flexibility index (Phi) is 5.09. The zero-order chi connectivity index (χ0) is 19.6. The number of anilines is 2. The van der Waals surface area contributed by atoms with Gasteiger partial charge in [0.25, 0.3) is 10.0 Å². The van der Waals surface area contributed by atoms with Gasteiger partial charge in [-0.1, -0.05) is 44.2 Å². The first kappa shape index (κ1) is 18.8. The van der Waals surface area contributed by atoms with Gasteiger partial charge in [0.2, 0.25) is 0 Å². The van der Waals surface area contributed by atoms with Crippen LogP contribution in [0.25, 0.3) is 11.3 Å². The van der Waals surface area contributed by atoms with E-state index >= 15 is 0 Å². The van der Waals surface area contributed by atoms with Gasteiger partial charge in [-0.15, -0.1) is 0 Å². The molecule has 0 aliphatic heterocycles. The highest BCUT2D eigenvalue weighted by atomic mass is 32.2. The Hall–Kier alpha value is -3.00. The molecular weight excluding hydrogens is 367 g/mol. The van der Waals surface area contributed by atoms with Crippen LogP contribution < -0.4 is 10.5 Å². The van der Waals surface area contributed by atoms with Crippen molar-refractivity contribution < 1.29 is 12.8 Å². The molecule has 3 rings (SSSR count). The molecule has 140 valence electrons. The average molecular weight is 386 g/mol. The van der Waals surface area contributed by atoms with E-state index in [2.05, 4.69) is 14.7 Å². The highest BCUT2D eigenvalue weighted by molar-refractivity contribution is 7.92. The minimum absolute atomic E-state index is 0.00539. The molecule has 1 aromatic carbocycles. The molecule has 3 N–H and O–H groups in total. The number of nitrogens with two attached hydrogens (primary N) is 1. The molecule has 2 aromatic heterocycles. The van der Waals surface area contributed by atoms with Crippen LogP contribution >= 0.6 is 0 Å². The molecule has 0 amide bonds. The third-order valence-electron chi connectivity index (χ3n) is 3.94. The van der Waals surface area contributed by atoms with Gasteiger partial charge in [0.1, 0.15) is 23.1 Å². The lowest BCUT2D eigenvalue weighted by molar-refractivity contribution is 0.597. The predicted octanol–water partition coefficient (Wildman–Crippen LogP) is 3.79. The molecule has 3 aromatic rings. The van der Waals surface area contributed by atoms with Crippen LogP contribution in [0.15, 0.2) is 59.6 Å². The van der Waals surface area contributed by atoms with Crippen LogP contribution in [0.1, 0.15) is 25.3 Å². The molecule has 27 heavy (non-hydrogen) atoms. The Bertz CT molecular complexity index is 1080. The first-order chi connectivity index (χ1) is 12.8. The number of nitrogens with zero attached hydrogens (tertiary/aromatic N) is 2. The second-order valence-electron chi connectivity index (χ2n) is 6.28. The molecule has 0 saturated heterocycles. The molecule has 0 unspecified atom stereocenters. The maximum Gasteiger partial charge on any atom is 0.280 e. The Balaban J connectivity index is 2.02. The third-order valence-corrected chi connectivity index (χ3v) is 5.20. The predicted molar refractivity (Wildman–Crippen MR) is 103 cm³/mol. The molecular formula is C19H19FN4O2S. The Labute approximate surface area is 157 Å². The first-order valence-electron chi connectivity index (χ1n) is 8.29. The molecule has 2 heterocycles. The quantitative estimate of drug-likeness (QED) is 0.695. The summed E-state index contributed by atoms with van der Waals surface area (Å²) >= 11 is 0. The van der Waals surface area contributed by atoms with E-state index in [0.717, 1.165) is 5.56 Å². The molecule has 0 spiro atoms. The number of halogens is 1. The van der Waals surface area contributed by atoms with E-state index in [1.807, 2.05) is 26.0 Å². The van der Waals surface area contributed by atoms with Crippen LogP contribution in [-0.4, -0.2) is 18.4 Å². The number of aromatic nitrogens is 2. The normalized spacial score (nSPS) is 11.6. The van der Waals surface area contributed by atoms with Gasteiger partial charge in [0, 0.05) is 5.56 Å². The van der Waals surface area contributed by atoms with E-state index in [9.17, 15) is 12.8 Å². The van der Waals surface area contributed by atoms with Crippen molar-refractivity contribution in [3.05, 3.63) is 66.0 Å². The molecule has 0 bridgehead atoms. The number of sulfonamides is 1. The number of hydrogen-bond acceptors (Lipinski definition) is 5. The number of nitrogen functional groups attached to an aromatic ring is 1. The minimum Gasteiger partial charge on any atom is -0.384 e. The van der Waals surface area contributed by atoms with Crippen LogP contribution in [0.2, 0.25) is 0 Å². The van der Waals surface area contributed by atoms with Crippen molar-refractivity contribution in [1.82, 2.24) is 9.97 Å². The smallest absolute Gasteiger partial charge is 0.280 e. The Morgan fingerprint density at radius 3 is 2.44 bits per heavy atom. The first-order valence-corrected chi connectivity index (χ1v) is 9.77. The number of benzene rings is 1. The number of pyridine rings is 2. The van der Waals surface area contributed by atoms with E-state index in [-0.39, 0.29) is 28.3 Å². The van der Waals surface area contributed by atoms with Gasteiger partial charge in [-0.2, -0.15) is 8.42 Å². The number of rotatable bonds is 5. The van der Waals surface area contributed by atoms with Crippen molar-refractivity contribution in [2.45, 2.75) is 24.8 Å². The monoisotopic (exact) mass is 386 g/mol. The molecule has 0 saturated carbocycles. The van der Waals surface area contributed by atoms with Gasteiger partial charge in [-0.3, -0.25) is 4.72 Å². The van der Waals surface area contributed by atoms with Gasteiger partial charge in [-0.25, -0.2) is 14.4 Å². The van der Waals surface area contributed by atoms with Crippen molar-refractivity contribution in [2.75, 3.05) is 10.5 Å². The standard InChI is InChI=1S/C19H19FN4O2S/c1-12(2)13-6-3-4-7-14(13)19-15(20)10-11-17(23-19)24-27(25,26)18-9-5-8-16(21)22-18/h3-12H,1-2H3,(H2,21,22)(H,23,24). The lowest BCUT2D eigenvalue weighted by Crippen LogP contribution is -2.16. The van der Waals surface area contributed by atoms with Gasteiger partial charge in [-0.05, 0) is 35.7 Å². The molecule has 0 fully saturated rings. The fourth-order valence-corrected chi connectivity index (χ4v) is 3.65. The summed E-state index contributed by atoms with van der Waals surface area (Å²) in [4.78, 5) is 8.00. The van der Waals surface area contributed by atoms with Crippen LogP contribution in [-0.2, 0) is 10.0 Å². The van der Waals surface area contributed by atoms with Crippen molar-refractivity contribution >= 4 is 21.7 Å². The van der Waals surface area contributed by atoms with Crippen molar-refractivity contribution in [1.29, 1.82) is 0 Å². The molecule has 0 aliphatic carbocycles. The largest absolute Gasteiger partial charge is 0.384 e. The topological polar surface area (TPSA) is 98.0 Å². The summed E-state index contributed by atoms with van der Waals surface area (Å²) in [6, 6.07) is 14.1. The maximum atomic E-state index is 14.4. The lowest BCUT2D eigenvalue weighted by atomic mass is 9.95. The van der Waals surface area contributed by atoms with Crippen LogP contribution in [0.3, 0.4) is 0 Å². The summed E-state index contributed by atoms with van der Waals surface area (Å²) in [5.74, 6) is -0.307. The SMILES string of the molecule is CC(C)c1ccccc1-c1nc(NS(=O)(=O)c2cccc(N)n2)ccc1F. The van der Waals surface area contributed by atoms with Crippen LogP contribution in [0, 0.1) is 5.82 Å². The fraction of sp³-hybridized carbons (Fsp3) is 0.158. The van der Waals surface area contributed by atoms with E-state index in [0.29, 0.717) is 5.56 Å². The van der Waals surface area contributed by atoms with E-state index in [4.69, 9.17) is 5.73 Å². The zero-order valence-electron chi connectivity index (χ0n) is 14.8. The van der Waals surface area contributed by atoms with Crippen molar-refractivity contribution in [3.8, 4) is 11.3 Å². The Morgan fingerprint density at radius 1 is 1.00 bits per heavy atom. The average Bonchev–Trinajstić information content (AvgIpc) is 2.63. The fourth-order valence-electron chi connectivity index (χ4n) is 2.67. The summed E-state index contributed by atoms with van der Waals surface area (Å²) < 4.78 is 41.8. The minimum atomic E-state index is -4.00. The lowest BCUT2D eigenvalue weighted by Gasteiger charge is -2.14. The van der Waals surface area contributed by atoms with Gasteiger partial charge < -0.3 is 5.73 Å². The van der Waals surface area contributed by atoms with Gasteiger partial charge in [0.05, 0.1) is 0 Å². The van der Waals surface area contributed by atoms with Crippen LogP contribution in [0.4, 0.5) is 16.0 Å². The van der Waals surface area contributed by atoms with Gasteiger partial charge >= 0.3 is 0 Å². The number of nitrogens with one attached hydrogen (secondary N) is 1. The summed E-state index contributed by atoms with van der Waals surface area (Å²) in [5.41, 5.74) is 7.17. The van der Waals surface area contributed by atoms with E-state index in [1.165, 1.54) is 30.3 Å². The number of hydrogen-bond donors (Lipinski definition) is 2. The van der Waals surface area contributed by atoms with Crippen molar-refractivity contribution in [3.63, 3.8) is 0 Å². The molecule has 0 atom stereocenters. The zero-order valence-corrected chi connectivity index (χ0v) is 15.7. The second kappa shape index (κ2) is 7.32. The maximum absolute atomic E-state index is 14.4. The van der Waals surface area contributed by atoms with E-state index < -0.39 is 15.8 Å². The van der Waals surface area contributed by atoms with Crippen molar-refractivity contribution in [2.24, 2.45) is 0 Å². The summed E-state index contributed by atoms with van der Waals surface area (Å²) in [7, 11) is -4.00. The molecule has 0 radical (unpaired) electrons. The summed E-state index contributed by atoms with van der Waals surface area (Å²) in [5, 5.41) is -0.238. The van der Waals surface area contributed by atoms with E-state index in [1.54, 1.807) is 12.1 Å². The summed E-state index contributed by atoms with van der Waals surface area (Å²) in [6.45, 7) is 3.99. The highest BCUT2D eigenvalue weighted by Gasteiger charge is 2.19. The highest BCUT2D eigenvalue weighted by Crippen LogP contribution is 2.30. The Morgan fingerprint density at radius 2 is 1.74 bits per heavy atom. The molecule has 0 aliphatic rings. The molecule has 8 heteroatoms. The third kappa shape index (κ3) is 4.06. The second-order valence-corrected chi connectivity index (χ2v) is 7.90. The van der Waals surface area contributed by atoms with Crippen LogP contribution in [0.5, 0.6) is 0 Å².